The van der Waals surface area contributed by atoms with E-state index in [1.165, 1.54) is 13.2 Å². The number of hydrogen-bond donors (Lipinski definition) is 1. The Morgan fingerprint density at radius 2 is 2.00 bits per heavy atom. The molecule has 2 N–H and O–H groups in total. The van der Waals surface area contributed by atoms with Gasteiger partial charge in [-0.3, -0.25) is 0 Å². The molecule has 25 heavy (non-hydrogen) atoms. The van der Waals surface area contributed by atoms with Gasteiger partial charge in [0.15, 0.2) is 5.88 Å². The molecule has 0 aromatic heterocycles. The molecule has 0 spiro atoms. The maximum Gasteiger partial charge on any atom is 0.184 e. The summed E-state index contributed by atoms with van der Waals surface area (Å²) in [5.74, 6) is -0.0416. The van der Waals surface area contributed by atoms with E-state index in [0.717, 1.165) is 17.2 Å². The highest BCUT2D eigenvalue weighted by Gasteiger charge is 2.29. The van der Waals surface area contributed by atoms with Crippen molar-refractivity contribution in [1.82, 2.24) is 0 Å². The molecule has 0 amide bonds. The lowest BCUT2D eigenvalue weighted by molar-refractivity contribution is 0.0150. The van der Waals surface area contributed by atoms with Gasteiger partial charge in [0.05, 0.1) is 13.2 Å². The number of benzene rings is 1. The first-order valence-electron chi connectivity index (χ1n) is 7.94. The van der Waals surface area contributed by atoms with Gasteiger partial charge in [0.25, 0.3) is 0 Å². The Labute approximate surface area is 155 Å². The van der Waals surface area contributed by atoms with E-state index in [1.807, 2.05) is 18.2 Å². The van der Waals surface area contributed by atoms with Crippen molar-refractivity contribution >= 4 is 17.2 Å². The van der Waals surface area contributed by atoms with E-state index in [1.54, 1.807) is 7.11 Å². The lowest BCUT2D eigenvalue weighted by Crippen LogP contribution is -2.21. The van der Waals surface area contributed by atoms with E-state index < -0.39 is 5.83 Å². The molecule has 138 valence electrons. The van der Waals surface area contributed by atoms with Gasteiger partial charge in [-0.2, -0.15) is 0 Å². The summed E-state index contributed by atoms with van der Waals surface area (Å²) in [5, 5.41) is 0. The molecule has 1 aromatic carbocycles. The highest BCUT2D eigenvalue weighted by atomic mass is 35.5. The van der Waals surface area contributed by atoms with Gasteiger partial charge in [0.2, 0.25) is 0 Å². The second-order valence-electron chi connectivity index (χ2n) is 6.75. The smallest absolute Gasteiger partial charge is 0.184 e. The Morgan fingerprint density at radius 1 is 1.36 bits per heavy atom. The van der Waals surface area contributed by atoms with Crippen molar-refractivity contribution in [3.05, 3.63) is 65.3 Å². The monoisotopic (exact) mass is 367 g/mol. The molecule has 0 fully saturated rings. The van der Waals surface area contributed by atoms with Crippen LogP contribution >= 0.6 is 11.6 Å². The van der Waals surface area contributed by atoms with Crippen molar-refractivity contribution in [1.29, 1.82) is 0 Å². The Morgan fingerprint density at radius 3 is 2.44 bits per heavy atom. The zero-order valence-electron chi connectivity index (χ0n) is 15.5. The van der Waals surface area contributed by atoms with Gasteiger partial charge in [-0.05, 0) is 28.2 Å². The number of allylic oxidation sites excluding steroid dienone is 4. The van der Waals surface area contributed by atoms with Gasteiger partial charge in [-0.25, -0.2) is 4.39 Å². The van der Waals surface area contributed by atoms with E-state index in [4.69, 9.17) is 26.8 Å². The fourth-order valence-corrected chi connectivity index (χ4v) is 2.86. The second kappa shape index (κ2) is 9.07. The Balaban J connectivity index is 3.75. The van der Waals surface area contributed by atoms with Crippen molar-refractivity contribution in [2.24, 2.45) is 11.1 Å². The predicted octanol–water partition coefficient (Wildman–Crippen LogP) is 5.47. The molecule has 0 radical (unpaired) electrons. The Hall–Kier alpha value is -1.78. The number of rotatable bonds is 7. The zero-order valence-corrected chi connectivity index (χ0v) is 16.3. The van der Waals surface area contributed by atoms with Crippen LogP contribution in [-0.4, -0.2) is 14.2 Å². The summed E-state index contributed by atoms with van der Waals surface area (Å²) < 4.78 is 25.3. The van der Waals surface area contributed by atoms with E-state index in [-0.39, 0.29) is 23.0 Å². The van der Waals surface area contributed by atoms with Crippen molar-refractivity contribution < 1.29 is 13.9 Å². The summed E-state index contributed by atoms with van der Waals surface area (Å²) in [6.45, 7) is 9.70. The van der Waals surface area contributed by atoms with Crippen LogP contribution < -0.4 is 5.73 Å². The van der Waals surface area contributed by atoms with Crippen LogP contribution in [0.1, 0.15) is 43.6 Å². The average Bonchev–Trinajstić information content (AvgIpc) is 2.58. The molecule has 1 rings (SSSR count). The number of alkyl halides is 1. The molecule has 0 unspecified atom stereocenters. The highest BCUT2D eigenvalue weighted by Crippen LogP contribution is 2.40. The summed E-state index contributed by atoms with van der Waals surface area (Å²) in [5.41, 5.74) is 8.26. The van der Waals surface area contributed by atoms with E-state index in [0.29, 0.717) is 11.4 Å². The van der Waals surface area contributed by atoms with Gasteiger partial charge >= 0.3 is 0 Å². The number of ether oxygens (including phenoxy) is 2. The standard InChI is InChI=1S/C20H27ClFNO2/c1-7-17(22)15(11-18(23)24-5)14-9-8-13(12-21)10-16(14)19(25-6)20(2,3)4/h7-11,19H,1,12,23H2,2-6H3/b17-15-,18-11+/t19-/m1/s1. The third-order valence-electron chi connectivity index (χ3n) is 3.82. The van der Waals surface area contributed by atoms with Crippen LogP contribution in [0.2, 0.25) is 0 Å². The first-order valence-corrected chi connectivity index (χ1v) is 8.48. The molecule has 0 aliphatic rings. The van der Waals surface area contributed by atoms with Crippen LogP contribution in [-0.2, 0) is 15.4 Å². The number of halogens is 2. The molecule has 0 aliphatic carbocycles. The minimum atomic E-state index is -0.497. The van der Waals surface area contributed by atoms with Gasteiger partial charge in [-0.15, -0.1) is 11.6 Å². The molecule has 0 aliphatic heterocycles. The number of methoxy groups -OCH3 is 2. The zero-order chi connectivity index (χ0) is 19.2. The van der Waals surface area contributed by atoms with Gasteiger partial charge in [0.1, 0.15) is 5.83 Å². The summed E-state index contributed by atoms with van der Waals surface area (Å²) in [6.07, 6.45) is 2.33. The average molecular weight is 368 g/mol. The first kappa shape index (κ1) is 21.3. The van der Waals surface area contributed by atoms with E-state index in [2.05, 4.69) is 27.4 Å². The lowest BCUT2D eigenvalue weighted by Gasteiger charge is -2.32. The van der Waals surface area contributed by atoms with Crippen molar-refractivity contribution in [2.75, 3.05) is 14.2 Å². The summed E-state index contributed by atoms with van der Waals surface area (Å²) in [4.78, 5) is 0. The molecule has 0 heterocycles. The normalized spacial score (nSPS) is 14.8. The highest BCUT2D eigenvalue weighted by molar-refractivity contribution is 6.17. The maximum absolute atomic E-state index is 14.5. The molecular formula is C20H27ClFNO2. The van der Waals surface area contributed by atoms with Crippen LogP contribution in [0.3, 0.4) is 0 Å². The van der Waals surface area contributed by atoms with Gasteiger partial charge in [-0.1, -0.05) is 45.5 Å². The summed E-state index contributed by atoms with van der Waals surface area (Å²) >= 11 is 5.99. The minimum Gasteiger partial charge on any atom is -0.483 e. The largest absolute Gasteiger partial charge is 0.483 e. The van der Waals surface area contributed by atoms with Crippen LogP contribution in [0, 0.1) is 5.41 Å². The predicted molar refractivity (Wildman–Crippen MR) is 103 cm³/mol. The molecule has 5 heteroatoms. The molecular weight excluding hydrogens is 341 g/mol. The van der Waals surface area contributed by atoms with Crippen LogP contribution in [0.25, 0.3) is 5.57 Å². The SMILES string of the molecule is C=C/C(F)=C(\C=C(/N)OC)c1ccc(CCl)cc1[C@@H](OC)C(C)(C)C. The number of nitrogens with two attached hydrogens (primary N) is 1. The summed E-state index contributed by atoms with van der Waals surface area (Å²) in [6, 6.07) is 5.62. The first-order chi connectivity index (χ1) is 11.7. The second-order valence-corrected chi connectivity index (χ2v) is 7.02. The van der Waals surface area contributed by atoms with Crippen LogP contribution in [0.5, 0.6) is 0 Å². The fraction of sp³-hybridized carbons (Fsp3) is 0.400. The number of hydrogen-bond acceptors (Lipinski definition) is 3. The van der Waals surface area contributed by atoms with Crippen LogP contribution in [0.4, 0.5) is 4.39 Å². The lowest BCUT2D eigenvalue weighted by atomic mass is 9.81. The van der Waals surface area contributed by atoms with Gasteiger partial charge in [0, 0.05) is 24.6 Å². The molecule has 3 nitrogen and oxygen atoms in total. The topological polar surface area (TPSA) is 44.5 Å². The summed E-state index contributed by atoms with van der Waals surface area (Å²) in [7, 11) is 3.07. The minimum absolute atomic E-state index is 0.101. The van der Waals surface area contributed by atoms with Crippen molar-refractivity contribution in [2.45, 2.75) is 32.8 Å². The van der Waals surface area contributed by atoms with Crippen LogP contribution in [0.15, 0.2) is 48.6 Å². The molecule has 0 saturated heterocycles. The van der Waals surface area contributed by atoms with E-state index in [9.17, 15) is 4.39 Å². The fourth-order valence-electron chi connectivity index (χ4n) is 2.69. The molecule has 1 atom stereocenters. The van der Waals surface area contributed by atoms with Crippen molar-refractivity contribution in [3.63, 3.8) is 0 Å². The third kappa shape index (κ3) is 5.35. The molecule has 0 bridgehead atoms. The van der Waals surface area contributed by atoms with E-state index >= 15 is 0 Å². The maximum atomic E-state index is 14.5. The van der Waals surface area contributed by atoms with Crippen molar-refractivity contribution in [3.8, 4) is 0 Å². The molecule has 0 saturated carbocycles. The Kier molecular flexibility index (Phi) is 7.71. The third-order valence-corrected chi connectivity index (χ3v) is 4.13. The quantitative estimate of drug-likeness (QED) is 0.394. The Bertz CT molecular complexity index is 675. The molecule has 1 aromatic rings. The van der Waals surface area contributed by atoms with Gasteiger partial charge < -0.3 is 15.2 Å².